The quantitative estimate of drug-likeness (QED) is 0.722. The second kappa shape index (κ2) is 7.37. The van der Waals surface area contributed by atoms with Gasteiger partial charge in [-0.2, -0.15) is 0 Å². The summed E-state index contributed by atoms with van der Waals surface area (Å²) in [6, 6.07) is 10.9. The minimum Gasteiger partial charge on any atom is -0.507 e. The number of likely N-dealkylation sites (tertiary alicyclic amines) is 1. The number of halogens is 1. The summed E-state index contributed by atoms with van der Waals surface area (Å²) in [4.78, 5) is 14.5. The minimum atomic E-state index is -0.0958. The van der Waals surface area contributed by atoms with Crippen molar-refractivity contribution in [3.05, 3.63) is 63.5 Å². The van der Waals surface area contributed by atoms with Crippen molar-refractivity contribution in [3.63, 3.8) is 0 Å². The summed E-state index contributed by atoms with van der Waals surface area (Å²) >= 11 is 5.94. The SMILES string of the molecule is CC1CCCC[NH+]1Cc1c(O)ccc2c(=O)c(-c3ccc(Cl)cc3)coc12. The van der Waals surface area contributed by atoms with Gasteiger partial charge in [-0.1, -0.05) is 23.7 Å². The maximum atomic E-state index is 13.1. The molecule has 0 radical (unpaired) electrons. The number of fused-ring (bicyclic) bond motifs is 1. The van der Waals surface area contributed by atoms with Gasteiger partial charge < -0.3 is 14.4 Å². The van der Waals surface area contributed by atoms with Crippen LogP contribution >= 0.6 is 11.6 Å². The van der Waals surface area contributed by atoms with Gasteiger partial charge in [0, 0.05) is 5.02 Å². The maximum absolute atomic E-state index is 13.1. The number of hydrogen-bond acceptors (Lipinski definition) is 3. The van der Waals surface area contributed by atoms with Crippen molar-refractivity contribution in [2.45, 2.75) is 38.8 Å². The monoisotopic (exact) mass is 384 g/mol. The number of benzene rings is 2. The molecule has 0 amide bonds. The van der Waals surface area contributed by atoms with E-state index in [1.807, 2.05) is 0 Å². The highest BCUT2D eigenvalue weighted by Crippen LogP contribution is 2.28. The first kappa shape index (κ1) is 18.1. The molecule has 1 aliphatic heterocycles. The zero-order valence-corrected chi connectivity index (χ0v) is 16.1. The molecule has 2 heterocycles. The molecule has 0 saturated carbocycles. The fourth-order valence-corrected chi connectivity index (χ4v) is 4.12. The van der Waals surface area contributed by atoms with Crippen molar-refractivity contribution >= 4 is 22.6 Å². The van der Waals surface area contributed by atoms with Crippen LogP contribution in [0.2, 0.25) is 5.02 Å². The average Bonchev–Trinajstić information content (AvgIpc) is 2.67. The molecule has 1 fully saturated rings. The smallest absolute Gasteiger partial charge is 0.200 e. The van der Waals surface area contributed by atoms with Crippen LogP contribution in [0.3, 0.4) is 0 Å². The van der Waals surface area contributed by atoms with E-state index in [-0.39, 0.29) is 11.2 Å². The Bertz CT molecular complexity index is 1030. The van der Waals surface area contributed by atoms with E-state index >= 15 is 0 Å². The highest BCUT2D eigenvalue weighted by molar-refractivity contribution is 6.30. The molecule has 2 N–H and O–H groups in total. The van der Waals surface area contributed by atoms with Gasteiger partial charge in [-0.25, -0.2) is 0 Å². The number of nitrogens with one attached hydrogen (secondary N) is 1. The summed E-state index contributed by atoms with van der Waals surface area (Å²) in [7, 11) is 0. The molecule has 4 rings (SSSR count). The van der Waals surface area contributed by atoms with Crippen molar-refractivity contribution in [1.29, 1.82) is 0 Å². The fraction of sp³-hybridized carbons (Fsp3) is 0.318. The third kappa shape index (κ3) is 3.47. The highest BCUT2D eigenvalue weighted by Gasteiger charge is 2.25. The van der Waals surface area contributed by atoms with E-state index in [0.717, 1.165) is 17.7 Å². The summed E-state index contributed by atoms with van der Waals surface area (Å²) in [5.41, 5.74) is 2.37. The molecule has 3 aromatic rings. The lowest BCUT2D eigenvalue weighted by atomic mass is 10.0. The minimum absolute atomic E-state index is 0.0958. The van der Waals surface area contributed by atoms with Gasteiger partial charge in [0.1, 0.15) is 24.1 Å². The number of quaternary nitrogens is 1. The molecule has 0 aliphatic carbocycles. The summed E-state index contributed by atoms with van der Waals surface area (Å²) in [6.07, 6.45) is 5.12. The zero-order valence-electron chi connectivity index (χ0n) is 15.3. The van der Waals surface area contributed by atoms with Crippen LogP contribution in [-0.4, -0.2) is 17.7 Å². The summed E-state index contributed by atoms with van der Waals surface area (Å²) in [6.45, 7) is 3.98. The van der Waals surface area contributed by atoms with E-state index < -0.39 is 0 Å². The Hall–Kier alpha value is -2.30. The Labute approximate surface area is 163 Å². The maximum Gasteiger partial charge on any atom is 0.200 e. The molecule has 2 unspecified atom stereocenters. The number of phenolic OH excluding ortho intramolecular Hbond substituents is 1. The lowest BCUT2D eigenvalue weighted by Crippen LogP contribution is -3.14. The Morgan fingerprint density at radius 1 is 1.19 bits per heavy atom. The molecule has 140 valence electrons. The normalized spacial score (nSPS) is 20.1. The topological polar surface area (TPSA) is 54.9 Å². The molecule has 4 nitrogen and oxygen atoms in total. The lowest BCUT2D eigenvalue weighted by molar-refractivity contribution is -0.941. The molecular weight excluding hydrogens is 362 g/mol. The third-order valence-electron chi connectivity index (χ3n) is 5.66. The van der Waals surface area contributed by atoms with Crippen molar-refractivity contribution in [2.24, 2.45) is 0 Å². The van der Waals surface area contributed by atoms with E-state index in [9.17, 15) is 9.90 Å². The van der Waals surface area contributed by atoms with E-state index in [1.165, 1.54) is 30.4 Å². The van der Waals surface area contributed by atoms with Crippen LogP contribution in [0, 0.1) is 0 Å². The number of aromatic hydroxyl groups is 1. The van der Waals surface area contributed by atoms with E-state index in [1.54, 1.807) is 36.4 Å². The molecule has 0 bridgehead atoms. The van der Waals surface area contributed by atoms with Gasteiger partial charge in [-0.05, 0) is 56.0 Å². The number of rotatable bonds is 3. The van der Waals surface area contributed by atoms with Crippen LogP contribution < -0.4 is 10.3 Å². The summed E-state index contributed by atoms with van der Waals surface area (Å²) < 4.78 is 5.89. The number of piperidine rings is 1. The first-order chi connectivity index (χ1) is 13.0. The van der Waals surface area contributed by atoms with Gasteiger partial charge >= 0.3 is 0 Å². The molecule has 2 aromatic carbocycles. The number of phenols is 1. The predicted octanol–water partition coefficient (Wildman–Crippen LogP) is 3.78. The number of hydrogen-bond donors (Lipinski definition) is 2. The fourth-order valence-electron chi connectivity index (χ4n) is 3.99. The van der Waals surface area contributed by atoms with Gasteiger partial charge in [0.05, 0.1) is 29.1 Å². The van der Waals surface area contributed by atoms with E-state index in [4.69, 9.17) is 16.0 Å². The van der Waals surface area contributed by atoms with Crippen LogP contribution in [0.1, 0.15) is 31.7 Å². The second-order valence-electron chi connectivity index (χ2n) is 7.41. The molecule has 0 spiro atoms. The highest BCUT2D eigenvalue weighted by atomic mass is 35.5. The van der Waals surface area contributed by atoms with E-state index in [2.05, 4.69) is 6.92 Å². The van der Waals surface area contributed by atoms with Crippen molar-refractivity contribution in [3.8, 4) is 16.9 Å². The van der Waals surface area contributed by atoms with Gasteiger partial charge in [0.25, 0.3) is 0 Å². The molecular formula is C22H23ClNO3+. The Morgan fingerprint density at radius 3 is 2.70 bits per heavy atom. The van der Waals surface area contributed by atoms with E-state index in [0.29, 0.717) is 34.1 Å². The summed E-state index contributed by atoms with van der Waals surface area (Å²) in [5.74, 6) is 0.190. The van der Waals surface area contributed by atoms with Gasteiger partial charge in [0.2, 0.25) is 5.43 Å². The standard InChI is InChI=1S/C22H22ClNO3/c1-14-4-2-3-11-24(14)12-18-20(25)10-9-17-21(26)19(13-27-22(17)18)15-5-7-16(23)8-6-15/h5-10,13-14,25H,2-4,11-12H2,1H3/p+1. The van der Waals surface area contributed by atoms with Crippen LogP contribution in [0.25, 0.3) is 22.1 Å². The van der Waals surface area contributed by atoms with Crippen LogP contribution in [0.5, 0.6) is 5.75 Å². The molecule has 1 saturated heterocycles. The Balaban J connectivity index is 1.79. The predicted molar refractivity (Wildman–Crippen MR) is 107 cm³/mol. The van der Waals surface area contributed by atoms with Crippen molar-refractivity contribution < 1.29 is 14.4 Å². The van der Waals surface area contributed by atoms with Crippen molar-refractivity contribution in [1.82, 2.24) is 0 Å². The Morgan fingerprint density at radius 2 is 1.96 bits per heavy atom. The first-order valence-corrected chi connectivity index (χ1v) is 9.79. The van der Waals surface area contributed by atoms with Crippen LogP contribution in [-0.2, 0) is 6.54 Å². The third-order valence-corrected chi connectivity index (χ3v) is 5.91. The lowest BCUT2D eigenvalue weighted by Gasteiger charge is -2.30. The van der Waals surface area contributed by atoms with Gasteiger partial charge in [-0.15, -0.1) is 0 Å². The molecule has 1 aliphatic rings. The average molecular weight is 385 g/mol. The van der Waals surface area contributed by atoms with Gasteiger partial charge in [-0.3, -0.25) is 4.79 Å². The van der Waals surface area contributed by atoms with Crippen LogP contribution in [0.15, 0.2) is 51.9 Å². The second-order valence-corrected chi connectivity index (χ2v) is 7.84. The Kier molecular flexibility index (Phi) is 4.94. The molecule has 27 heavy (non-hydrogen) atoms. The summed E-state index contributed by atoms with van der Waals surface area (Å²) in [5, 5.41) is 11.6. The zero-order chi connectivity index (χ0) is 19.0. The van der Waals surface area contributed by atoms with Gasteiger partial charge in [0.15, 0.2) is 0 Å². The largest absolute Gasteiger partial charge is 0.507 e. The molecule has 5 heteroatoms. The molecule has 1 aromatic heterocycles. The van der Waals surface area contributed by atoms with Crippen molar-refractivity contribution in [2.75, 3.05) is 6.54 Å². The van der Waals surface area contributed by atoms with Crippen LogP contribution in [0.4, 0.5) is 0 Å². The first-order valence-electron chi connectivity index (χ1n) is 9.41. The molecule has 2 atom stereocenters.